The summed E-state index contributed by atoms with van der Waals surface area (Å²) in [6, 6.07) is 72.6. The standard InChI is InChI=1S/C96H112N4O7/c1-8-13-18-23-47-102-71-90-58-78-29-32-82-54-86(66-92(62-82)73-104-49-25-20-15-10-3)37-42-97-40-28-41-100-70-89-57-85(64-94(69-89)75-106-51-27-22-17-12-5)36-35-81-53-80(60-91(61-81)72-103-48-24-19-14-9-2)31-34-84-56-88(68-95(65-84)76-107-96(101)77(6)7)39-44-99-46-45-98-43-38-87-55-83(33-30-79(52-78)59-90)63-93(67-87)74-105-50-26-21-16-11-4/h28,37-46,52-70H,6,8-27,47-51,71-76H2,1-5,7H3. The van der Waals surface area contributed by atoms with Gasteiger partial charge in [0.2, 0.25) is 0 Å². The van der Waals surface area contributed by atoms with Gasteiger partial charge >= 0.3 is 5.97 Å². The quantitative estimate of drug-likeness (QED) is 0.0209. The number of hydrogen-bond acceptors (Lipinski definition) is 11. The molecule has 0 fully saturated rings. The number of ether oxygens (including phenoxy) is 6. The molecule has 558 valence electrons. The number of fused-ring (bicyclic) bond motifs is 12. The monoisotopic (exact) mass is 1430 g/mol. The first-order valence-corrected chi connectivity index (χ1v) is 39.0. The van der Waals surface area contributed by atoms with Crippen LogP contribution in [0.3, 0.4) is 0 Å². The fourth-order valence-corrected chi connectivity index (χ4v) is 11.5. The van der Waals surface area contributed by atoms with Gasteiger partial charge in [-0.25, -0.2) is 4.79 Å². The van der Waals surface area contributed by atoms with Gasteiger partial charge in [0.05, 0.1) is 33.0 Å². The molecule has 7 rings (SSSR count). The van der Waals surface area contributed by atoms with Crippen molar-refractivity contribution in [2.75, 3.05) is 33.0 Å². The van der Waals surface area contributed by atoms with E-state index in [4.69, 9.17) is 33.4 Å². The van der Waals surface area contributed by atoms with E-state index in [1.807, 2.05) is 60.8 Å². The van der Waals surface area contributed by atoms with Crippen molar-refractivity contribution in [2.45, 2.75) is 210 Å². The van der Waals surface area contributed by atoms with Crippen LogP contribution in [0.5, 0.6) is 0 Å². The van der Waals surface area contributed by atoms with Gasteiger partial charge in [0.1, 0.15) is 6.61 Å². The lowest BCUT2D eigenvalue weighted by atomic mass is 10.1. The number of esters is 1. The van der Waals surface area contributed by atoms with Gasteiger partial charge in [0.25, 0.3) is 0 Å². The van der Waals surface area contributed by atoms with E-state index in [1.54, 1.807) is 50.3 Å². The van der Waals surface area contributed by atoms with Crippen LogP contribution in [-0.4, -0.2) is 58.9 Å². The Morgan fingerprint density at radius 3 is 0.869 bits per heavy atom. The van der Waals surface area contributed by atoms with Crippen molar-refractivity contribution < 1.29 is 33.2 Å². The zero-order valence-electron chi connectivity index (χ0n) is 64.6. The topological polar surface area (TPSA) is 124 Å². The van der Waals surface area contributed by atoms with Crippen molar-refractivity contribution in [1.29, 1.82) is 0 Å². The van der Waals surface area contributed by atoms with Crippen LogP contribution < -0.4 is 0 Å². The molecule has 0 aliphatic rings. The second-order valence-electron chi connectivity index (χ2n) is 27.1. The van der Waals surface area contributed by atoms with Gasteiger partial charge in [-0.15, -0.1) is 0 Å². The van der Waals surface area contributed by atoms with Gasteiger partial charge in [0, 0.05) is 131 Å². The van der Waals surface area contributed by atoms with E-state index in [-0.39, 0.29) is 6.61 Å². The minimum atomic E-state index is -0.471. The average molecular weight is 1430 g/mol. The molecule has 11 heteroatoms. The van der Waals surface area contributed by atoms with Crippen LogP contribution in [0, 0.1) is 48.5 Å². The molecule has 0 spiro atoms. The summed E-state index contributed by atoms with van der Waals surface area (Å²) in [6.07, 6.45) is 36.4. The van der Waals surface area contributed by atoms with Crippen LogP contribution in [0.15, 0.2) is 195 Å². The van der Waals surface area contributed by atoms with E-state index < -0.39 is 5.97 Å². The summed E-state index contributed by atoms with van der Waals surface area (Å²) in [6.45, 7) is 22.2. The Bertz CT molecular complexity index is 4420. The van der Waals surface area contributed by atoms with Crippen LogP contribution in [0.2, 0.25) is 0 Å². The molecule has 11 nitrogen and oxygen atoms in total. The molecular weight excluding hydrogens is 1320 g/mol. The Hall–Kier alpha value is -9.79. The molecule has 0 N–H and O–H groups in total. The fourth-order valence-electron chi connectivity index (χ4n) is 11.5. The molecular formula is C96H112N4O7. The molecule has 7 aromatic rings. The number of rotatable bonds is 38. The Morgan fingerprint density at radius 2 is 0.561 bits per heavy atom. The van der Waals surface area contributed by atoms with E-state index in [0.29, 0.717) is 71.6 Å². The van der Waals surface area contributed by atoms with Crippen molar-refractivity contribution in [3.8, 4) is 0 Å². The largest absolute Gasteiger partial charge is 0.457 e. The number of benzene rings is 6. The second-order valence-corrected chi connectivity index (χ2v) is 27.1. The zero-order chi connectivity index (χ0) is 75.4. The fraction of sp³-hybridized carbons (Fsp3) is 0.385. The van der Waals surface area contributed by atoms with E-state index in [9.17, 15) is 4.79 Å². The third kappa shape index (κ3) is 36.4. The molecule has 1 aromatic heterocycles. The molecule has 6 aromatic carbocycles. The first kappa shape index (κ1) is 84.5. The van der Waals surface area contributed by atoms with Crippen LogP contribution in [-0.2, 0) is 72.9 Å². The van der Waals surface area contributed by atoms with E-state index in [2.05, 4.69) is 184 Å². The minimum absolute atomic E-state index is 0.0359. The molecule has 0 aliphatic heterocycles. The summed E-state index contributed by atoms with van der Waals surface area (Å²) in [7, 11) is 0. The number of carbonyl (C=O) groups is 1. The normalized spacial score (nSPS) is 10.5. The Morgan fingerprint density at radius 1 is 0.299 bits per heavy atom. The number of hydrogen-bond donors (Lipinski definition) is 0. The molecule has 0 atom stereocenters. The molecule has 0 unspecified atom stereocenters. The van der Waals surface area contributed by atoms with Gasteiger partial charge < -0.3 is 28.4 Å². The molecule has 0 amide bonds. The van der Waals surface area contributed by atoms with Crippen LogP contribution >= 0.6 is 0 Å². The van der Waals surface area contributed by atoms with Crippen LogP contribution in [0.25, 0.3) is 64.6 Å². The average Bonchev–Trinajstić information content (AvgIpc) is 0.855. The molecule has 0 saturated carbocycles. The number of nitrogens with zero attached hydrogens (tertiary/aromatic N) is 4. The number of carbonyl (C=O) groups excluding carboxylic acids is 1. The summed E-state index contributed by atoms with van der Waals surface area (Å²) in [5, 5.41) is 10.1. The Kier molecular flexibility index (Phi) is 41.2. The van der Waals surface area contributed by atoms with Gasteiger partial charge in [-0.1, -0.05) is 186 Å². The lowest BCUT2D eigenvalue weighted by Crippen LogP contribution is -2.04. The first-order valence-electron chi connectivity index (χ1n) is 39.0. The SMILES string of the molecule is C=C(C)C(=O)OCc1cc2c#cc3cc(COCCCCCC)cc(c#cc4cc(COCCCCCC)cc(cncccnccc5cc(COCCCCCC)cc(c#cc6cc(COCCCCCC)cc(c#cc7cc(COCCCCCC)cc(ccnccnccc(c1)c2)c7)c6)c5)c4)c3. The maximum Gasteiger partial charge on any atom is 0.333 e. The minimum Gasteiger partial charge on any atom is -0.457 e. The highest BCUT2D eigenvalue weighted by Crippen LogP contribution is 2.20. The molecule has 0 radical (unpaired) electrons. The predicted octanol–water partition coefficient (Wildman–Crippen LogP) is 24.1. The van der Waals surface area contributed by atoms with Gasteiger partial charge in [0.15, 0.2) is 0 Å². The summed E-state index contributed by atoms with van der Waals surface area (Å²) in [4.78, 5) is 31.0. The molecule has 0 saturated heterocycles. The predicted molar refractivity (Wildman–Crippen MR) is 439 cm³/mol. The van der Waals surface area contributed by atoms with Crippen LogP contribution in [0.1, 0.15) is 203 Å². The van der Waals surface area contributed by atoms with Crippen molar-refractivity contribution >= 4 is 70.6 Å². The molecule has 1 heterocycles. The number of unbranched alkanes of at least 4 members (excludes halogenated alkanes) is 15. The summed E-state index contributed by atoms with van der Waals surface area (Å²) in [5.41, 5.74) is 6.12. The van der Waals surface area contributed by atoms with Gasteiger partial charge in [-0.05, 0) is 227 Å². The number of aromatic nitrogens is 4. The third-order valence-electron chi connectivity index (χ3n) is 17.1. The second kappa shape index (κ2) is 52.2. The highest BCUT2D eigenvalue weighted by Gasteiger charge is 2.06. The molecule has 12 bridgehead atoms. The van der Waals surface area contributed by atoms with E-state index in [1.165, 1.54) is 57.8 Å². The summed E-state index contributed by atoms with van der Waals surface area (Å²) < 4.78 is 36.8. The Labute approximate surface area is 639 Å². The third-order valence-corrected chi connectivity index (χ3v) is 17.1. The maximum atomic E-state index is 12.6. The van der Waals surface area contributed by atoms with Gasteiger partial charge in [-0.2, -0.15) is 0 Å². The van der Waals surface area contributed by atoms with Crippen molar-refractivity contribution in [2.24, 2.45) is 0 Å². The van der Waals surface area contributed by atoms with Gasteiger partial charge in [-0.3, -0.25) is 19.9 Å². The van der Waals surface area contributed by atoms with Crippen molar-refractivity contribution in [3.05, 3.63) is 277 Å². The van der Waals surface area contributed by atoms with E-state index >= 15 is 0 Å². The Balaban J connectivity index is 1.40. The van der Waals surface area contributed by atoms with Crippen LogP contribution in [0.4, 0.5) is 0 Å². The molecule has 0 aliphatic carbocycles. The highest BCUT2D eigenvalue weighted by molar-refractivity contribution is 5.87. The lowest BCUT2D eigenvalue weighted by molar-refractivity contribution is -0.140. The summed E-state index contributed by atoms with van der Waals surface area (Å²) >= 11 is 0. The maximum absolute atomic E-state index is 12.6. The van der Waals surface area contributed by atoms with Crippen molar-refractivity contribution in [1.82, 2.24) is 19.9 Å². The smallest absolute Gasteiger partial charge is 0.333 e. The van der Waals surface area contributed by atoms with E-state index in [0.717, 1.165) is 169 Å². The van der Waals surface area contributed by atoms with Crippen molar-refractivity contribution in [3.63, 3.8) is 0 Å². The molecule has 107 heavy (non-hydrogen) atoms. The lowest BCUT2D eigenvalue weighted by Gasteiger charge is -2.05. The summed E-state index contributed by atoms with van der Waals surface area (Å²) in [5.74, 6) is -0.471. The first-order chi connectivity index (χ1) is 52.6. The zero-order valence-corrected chi connectivity index (χ0v) is 64.6. The highest BCUT2D eigenvalue weighted by atomic mass is 16.5.